The van der Waals surface area contributed by atoms with Crippen molar-refractivity contribution in [2.24, 2.45) is 17.8 Å². The molecule has 0 radical (unpaired) electrons. The summed E-state index contributed by atoms with van der Waals surface area (Å²) in [4.78, 5) is 11.4. The number of carbonyl (C=O) groups excluding carboxylic acids is 1. The van der Waals surface area contributed by atoms with Crippen molar-refractivity contribution in [2.45, 2.75) is 72.3 Å². The largest absolute Gasteiger partial charge is 0.351 e. The van der Waals surface area contributed by atoms with E-state index in [0.29, 0.717) is 0 Å². The van der Waals surface area contributed by atoms with Crippen molar-refractivity contribution in [2.75, 3.05) is 13.1 Å². The van der Waals surface area contributed by atoms with E-state index in [4.69, 9.17) is 0 Å². The molecule has 3 nitrogen and oxygen atoms in total. The van der Waals surface area contributed by atoms with Crippen molar-refractivity contribution < 1.29 is 4.79 Å². The quantitative estimate of drug-likeness (QED) is 0.752. The predicted octanol–water partition coefficient (Wildman–Crippen LogP) is 3.34. The highest BCUT2D eigenvalue weighted by Crippen LogP contribution is 2.37. The number of carbonyl (C=O) groups is 1. The number of hydrogen-bond donors (Lipinski definition) is 2. The van der Waals surface area contributed by atoms with Crippen LogP contribution in [0.4, 0.5) is 0 Å². The molecule has 1 amide bonds. The van der Waals surface area contributed by atoms with Gasteiger partial charge >= 0.3 is 0 Å². The van der Waals surface area contributed by atoms with Crippen LogP contribution in [0.2, 0.25) is 0 Å². The second-order valence-corrected chi connectivity index (χ2v) is 7.10. The van der Waals surface area contributed by atoms with Crippen LogP contribution in [0, 0.1) is 17.8 Å². The molecular weight excluding hydrogens is 248 g/mol. The Kier molecular flexibility index (Phi) is 7.01. The van der Waals surface area contributed by atoms with Crippen LogP contribution in [0.3, 0.4) is 0 Å². The monoisotopic (exact) mass is 282 g/mol. The third-order valence-corrected chi connectivity index (χ3v) is 4.90. The highest BCUT2D eigenvalue weighted by Gasteiger charge is 2.33. The fraction of sp³-hybridized carbons (Fsp3) is 0.941. The number of nitrogens with one attached hydrogen (secondary N) is 2. The zero-order valence-electron chi connectivity index (χ0n) is 14.1. The molecular formula is C17H34N2O. The van der Waals surface area contributed by atoms with Gasteiger partial charge in [-0.05, 0) is 64.0 Å². The Bertz CT molecular complexity index is 291. The first-order chi connectivity index (χ1) is 9.39. The Morgan fingerprint density at radius 2 is 1.80 bits per heavy atom. The van der Waals surface area contributed by atoms with Gasteiger partial charge in [-0.15, -0.1) is 0 Å². The summed E-state index contributed by atoms with van der Waals surface area (Å²) in [7, 11) is 0. The van der Waals surface area contributed by atoms with Crippen LogP contribution in [-0.2, 0) is 4.79 Å². The summed E-state index contributed by atoms with van der Waals surface area (Å²) in [6, 6.07) is 0. The van der Waals surface area contributed by atoms with E-state index in [9.17, 15) is 4.79 Å². The normalized spacial score (nSPS) is 19.1. The summed E-state index contributed by atoms with van der Waals surface area (Å²) in [5, 5.41) is 6.61. The predicted molar refractivity (Wildman–Crippen MR) is 85.7 cm³/mol. The zero-order chi connectivity index (χ0) is 15.2. The molecule has 1 heterocycles. The maximum Gasteiger partial charge on any atom is 0.217 e. The van der Waals surface area contributed by atoms with E-state index in [1.165, 1.54) is 25.7 Å². The van der Waals surface area contributed by atoms with Crippen molar-refractivity contribution in [3.8, 4) is 0 Å². The smallest absolute Gasteiger partial charge is 0.217 e. The average molecular weight is 282 g/mol. The highest BCUT2D eigenvalue weighted by molar-refractivity contribution is 5.73. The zero-order valence-corrected chi connectivity index (χ0v) is 14.1. The summed E-state index contributed by atoms with van der Waals surface area (Å²) in [5.41, 5.74) is -0.0933. The van der Waals surface area contributed by atoms with Crippen LogP contribution in [0.25, 0.3) is 0 Å². The lowest BCUT2D eigenvalue weighted by Gasteiger charge is -2.40. The summed E-state index contributed by atoms with van der Waals surface area (Å²) in [6.07, 6.45) is 6.18. The summed E-state index contributed by atoms with van der Waals surface area (Å²) in [6.45, 7) is 12.9. The van der Waals surface area contributed by atoms with Crippen molar-refractivity contribution in [3.05, 3.63) is 0 Å². The molecule has 2 N–H and O–H groups in total. The second kappa shape index (κ2) is 8.02. The van der Waals surface area contributed by atoms with E-state index in [1.807, 2.05) is 0 Å². The topological polar surface area (TPSA) is 41.1 Å². The lowest BCUT2D eigenvalue weighted by molar-refractivity contribution is -0.120. The van der Waals surface area contributed by atoms with Crippen molar-refractivity contribution in [3.63, 3.8) is 0 Å². The molecule has 0 bridgehead atoms. The van der Waals surface area contributed by atoms with E-state index >= 15 is 0 Å². The number of piperidine rings is 1. The molecule has 0 spiro atoms. The van der Waals surface area contributed by atoms with Crippen molar-refractivity contribution in [1.82, 2.24) is 10.6 Å². The van der Waals surface area contributed by atoms with Crippen LogP contribution in [0.5, 0.6) is 0 Å². The van der Waals surface area contributed by atoms with Crippen LogP contribution < -0.4 is 10.6 Å². The van der Waals surface area contributed by atoms with Gasteiger partial charge in [0.1, 0.15) is 0 Å². The maximum atomic E-state index is 11.4. The first-order valence-corrected chi connectivity index (χ1v) is 8.39. The Morgan fingerprint density at radius 1 is 1.25 bits per heavy atom. The number of hydrogen-bond acceptors (Lipinski definition) is 2. The van der Waals surface area contributed by atoms with Gasteiger partial charge in [-0.2, -0.15) is 0 Å². The Balaban J connectivity index is 2.78. The van der Waals surface area contributed by atoms with Gasteiger partial charge < -0.3 is 10.6 Å². The molecule has 0 unspecified atom stereocenters. The molecule has 1 fully saturated rings. The second-order valence-electron chi connectivity index (χ2n) is 7.10. The Morgan fingerprint density at radius 3 is 2.25 bits per heavy atom. The van der Waals surface area contributed by atoms with Crippen molar-refractivity contribution in [1.29, 1.82) is 0 Å². The van der Waals surface area contributed by atoms with Gasteiger partial charge in [-0.25, -0.2) is 0 Å². The molecule has 1 saturated heterocycles. The van der Waals surface area contributed by atoms with Crippen LogP contribution in [-0.4, -0.2) is 24.5 Å². The fourth-order valence-electron chi connectivity index (χ4n) is 4.00. The Labute approximate surface area is 125 Å². The number of rotatable bonds is 7. The molecule has 1 aliphatic heterocycles. The standard InChI is InChI=1S/C17H34N2O/c1-6-14(7-2)16(15-8-10-18-11-9-15)12-17(4,5)19-13(3)20/h14-16,18H,6-12H2,1-5H3,(H,19,20)/t16-/m0/s1. The van der Waals surface area contributed by atoms with Crippen LogP contribution in [0.1, 0.15) is 66.7 Å². The van der Waals surface area contributed by atoms with E-state index in [2.05, 4.69) is 38.3 Å². The Hall–Kier alpha value is -0.570. The van der Waals surface area contributed by atoms with Crippen molar-refractivity contribution >= 4 is 5.91 Å². The van der Waals surface area contributed by atoms with E-state index < -0.39 is 0 Å². The molecule has 0 aromatic carbocycles. The minimum Gasteiger partial charge on any atom is -0.351 e. The van der Waals surface area contributed by atoms with E-state index in [-0.39, 0.29) is 11.4 Å². The first-order valence-electron chi connectivity index (χ1n) is 8.39. The van der Waals surface area contributed by atoms with Gasteiger partial charge in [-0.1, -0.05) is 26.7 Å². The lowest BCUT2D eigenvalue weighted by atomic mass is 9.70. The molecule has 0 saturated carbocycles. The molecule has 20 heavy (non-hydrogen) atoms. The first kappa shape index (κ1) is 17.5. The molecule has 0 aromatic heterocycles. The molecule has 1 rings (SSSR count). The molecule has 3 heteroatoms. The van der Waals surface area contributed by atoms with Gasteiger partial charge in [0.2, 0.25) is 5.91 Å². The van der Waals surface area contributed by atoms with Gasteiger partial charge in [0.15, 0.2) is 0 Å². The lowest BCUT2D eigenvalue weighted by Crippen LogP contribution is -2.46. The molecule has 0 aliphatic carbocycles. The SMILES string of the molecule is CCC(CC)[C@H](CC(C)(C)NC(C)=O)C1CCNCC1. The third kappa shape index (κ3) is 5.43. The maximum absolute atomic E-state index is 11.4. The van der Waals surface area contributed by atoms with Gasteiger partial charge in [0.25, 0.3) is 0 Å². The van der Waals surface area contributed by atoms with Crippen LogP contribution in [0.15, 0.2) is 0 Å². The fourth-order valence-corrected chi connectivity index (χ4v) is 4.00. The summed E-state index contributed by atoms with van der Waals surface area (Å²) >= 11 is 0. The van der Waals surface area contributed by atoms with E-state index in [1.54, 1.807) is 6.92 Å². The average Bonchev–Trinajstić information content (AvgIpc) is 2.38. The highest BCUT2D eigenvalue weighted by atomic mass is 16.1. The van der Waals surface area contributed by atoms with E-state index in [0.717, 1.165) is 37.3 Å². The van der Waals surface area contributed by atoms with Crippen LogP contribution >= 0.6 is 0 Å². The third-order valence-electron chi connectivity index (χ3n) is 4.90. The molecule has 0 aromatic rings. The minimum atomic E-state index is -0.0933. The molecule has 118 valence electrons. The number of amides is 1. The summed E-state index contributed by atoms with van der Waals surface area (Å²) < 4.78 is 0. The molecule has 1 aliphatic rings. The summed E-state index contributed by atoms with van der Waals surface area (Å²) in [5.74, 6) is 2.41. The van der Waals surface area contributed by atoms with Gasteiger partial charge in [-0.3, -0.25) is 4.79 Å². The van der Waals surface area contributed by atoms with Gasteiger partial charge in [0, 0.05) is 12.5 Å². The molecule has 1 atom stereocenters. The van der Waals surface area contributed by atoms with Gasteiger partial charge in [0.05, 0.1) is 0 Å². The minimum absolute atomic E-state index is 0.0867.